The van der Waals surface area contributed by atoms with Gasteiger partial charge in [-0.3, -0.25) is 4.79 Å². The van der Waals surface area contributed by atoms with Crippen molar-refractivity contribution in [2.24, 2.45) is 0 Å². The van der Waals surface area contributed by atoms with Crippen LogP contribution in [0.3, 0.4) is 0 Å². The van der Waals surface area contributed by atoms with E-state index in [0.29, 0.717) is 39.7 Å². The Labute approximate surface area is 155 Å². The van der Waals surface area contributed by atoms with Gasteiger partial charge in [0.15, 0.2) is 6.61 Å². The summed E-state index contributed by atoms with van der Waals surface area (Å²) >= 11 is 5.91. The smallest absolute Gasteiger partial charge is 0.344 e. The number of benzene rings is 2. The predicted molar refractivity (Wildman–Crippen MR) is 99.8 cm³/mol. The average molecular weight is 373 g/mol. The average Bonchev–Trinajstić information content (AvgIpc) is 2.61. The molecular weight excluding hydrogens is 356 g/mol. The first-order valence-corrected chi connectivity index (χ1v) is 8.49. The molecule has 0 spiro atoms. The summed E-state index contributed by atoms with van der Waals surface area (Å²) in [5.74, 6) is 0.461. The van der Waals surface area contributed by atoms with Gasteiger partial charge in [-0.05, 0) is 43.7 Å². The number of ether oxygens (including phenoxy) is 2. The van der Waals surface area contributed by atoms with E-state index in [4.69, 9.17) is 25.5 Å². The highest BCUT2D eigenvalue weighted by Gasteiger charge is 2.14. The SMILES string of the molecule is CCOC(=O)COc1ccc2c(=O)c(-c3ccc(Cl)cc3)c(C)oc2c1. The zero-order chi connectivity index (χ0) is 18.7. The second-order valence-electron chi connectivity index (χ2n) is 5.62. The van der Waals surface area contributed by atoms with Crippen molar-refractivity contribution in [3.8, 4) is 16.9 Å². The summed E-state index contributed by atoms with van der Waals surface area (Å²) in [6, 6.07) is 11.9. The molecule has 3 rings (SSSR count). The maximum absolute atomic E-state index is 12.9. The van der Waals surface area contributed by atoms with Crippen LogP contribution in [0.2, 0.25) is 5.02 Å². The molecule has 0 N–H and O–H groups in total. The fourth-order valence-electron chi connectivity index (χ4n) is 2.67. The molecule has 0 fully saturated rings. The van der Waals surface area contributed by atoms with Crippen LogP contribution < -0.4 is 10.2 Å². The third-order valence-corrected chi connectivity index (χ3v) is 4.09. The largest absolute Gasteiger partial charge is 0.482 e. The highest BCUT2D eigenvalue weighted by Crippen LogP contribution is 2.27. The number of aryl methyl sites for hydroxylation is 1. The lowest BCUT2D eigenvalue weighted by atomic mass is 10.0. The van der Waals surface area contributed by atoms with Crippen molar-refractivity contribution in [3.63, 3.8) is 0 Å². The Morgan fingerprint density at radius 2 is 1.88 bits per heavy atom. The molecule has 26 heavy (non-hydrogen) atoms. The van der Waals surface area contributed by atoms with Crippen molar-refractivity contribution in [1.29, 1.82) is 0 Å². The van der Waals surface area contributed by atoms with Crippen molar-refractivity contribution < 1.29 is 18.7 Å². The Hall–Kier alpha value is -2.79. The first-order valence-electron chi connectivity index (χ1n) is 8.11. The lowest BCUT2D eigenvalue weighted by Crippen LogP contribution is -2.14. The van der Waals surface area contributed by atoms with Crippen LogP contribution in [0.4, 0.5) is 0 Å². The molecule has 2 aromatic carbocycles. The van der Waals surface area contributed by atoms with Crippen LogP contribution in [0, 0.1) is 6.92 Å². The molecule has 6 heteroatoms. The molecule has 0 aliphatic heterocycles. The van der Waals surface area contributed by atoms with Gasteiger partial charge in [0.2, 0.25) is 5.43 Å². The Balaban J connectivity index is 1.97. The van der Waals surface area contributed by atoms with Crippen LogP contribution in [0.25, 0.3) is 22.1 Å². The zero-order valence-electron chi connectivity index (χ0n) is 14.4. The Kier molecular flexibility index (Phi) is 5.28. The van der Waals surface area contributed by atoms with Crippen molar-refractivity contribution in [1.82, 2.24) is 0 Å². The first-order chi connectivity index (χ1) is 12.5. The van der Waals surface area contributed by atoms with Crippen molar-refractivity contribution in [3.05, 3.63) is 63.5 Å². The van der Waals surface area contributed by atoms with Gasteiger partial charge in [-0.1, -0.05) is 23.7 Å². The number of halogens is 1. The number of esters is 1. The lowest BCUT2D eigenvalue weighted by Gasteiger charge is -2.09. The molecule has 0 unspecified atom stereocenters. The van der Waals surface area contributed by atoms with Gasteiger partial charge in [0.1, 0.15) is 17.1 Å². The predicted octanol–water partition coefficient (Wildman–Crippen LogP) is 4.36. The van der Waals surface area contributed by atoms with Crippen molar-refractivity contribution in [2.45, 2.75) is 13.8 Å². The van der Waals surface area contributed by atoms with Gasteiger partial charge in [-0.2, -0.15) is 0 Å². The fraction of sp³-hybridized carbons (Fsp3) is 0.200. The molecule has 0 amide bonds. The normalized spacial score (nSPS) is 10.7. The molecule has 5 nitrogen and oxygen atoms in total. The molecule has 1 heterocycles. The summed E-state index contributed by atoms with van der Waals surface area (Å²) in [6.45, 7) is 3.55. The molecule has 0 aliphatic rings. The minimum absolute atomic E-state index is 0.136. The molecule has 134 valence electrons. The van der Waals surface area contributed by atoms with E-state index in [0.717, 1.165) is 5.56 Å². The van der Waals surface area contributed by atoms with E-state index >= 15 is 0 Å². The Morgan fingerprint density at radius 1 is 1.15 bits per heavy atom. The topological polar surface area (TPSA) is 65.7 Å². The summed E-state index contributed by atoms with van der Waals surface area (Å²) in [6.07, 6.45) is 0. The highest BCUT2D eigenvalue weighted by molar-refractivity contribution is 6.30. The van der Waals surface area contributed by atoms with Crippen LogP contribution >= 0.6 is 11.6 Å². The molecule has 0 radical (unpaired) electrons. The Bertz CT molecular complexity index is 1010. The molecule has 0 saturated heterocycles. The van der Waals surface area contributed by atoms with E-state index in [1.807, 2.05) is 0 Å². The zero-order valence-corrected chi connectivity index (χ0v) is 15.1. The second kappa shape index (κ2) is 7.62. The van der Waals surface area contributed by atoms with E-state index in [2.05, 4.69) is 0 Å². The summed E-state index contributed by atoms with van der Waals surface area (Å²) < 4.78 is 16.0. The minimum Gasteiger partial charge on any atom is -0.482 e. The van der Waals surface area contributed by atoms with Gasteiger partial charge in [0.25, 0.3) is 0 Å². The van der Waals surface area contributed by atoms with Gasteiger partial charge in [-0.15, -0.1) is 0 Å². The quantitative estimate of drug-likeness (QED) is 0.622. The van der Waals surface area contributed by atoms with E-state index in [1.165, 1.54) is 0 Å². The van der Waals surface area contributed by atoms with E-state index in [1.54, 1.807) is 56.3 Å². The van der Waals surface area contributed by atoms with Gasteiger partial charge in [0, 0.05) is 11.1 Å². The number of hydrogen-bond acceptors (Lipinski definition) is 5. The molecule has 1 aromatic heterocycles. The van der Waals surface area contributed by atoms with Crippen molar-refractivity contribution in [2.75, 3.05) is 13.2 Å². The summed E-state index contributed by atoms with van der Waals surface area (Å²) in [5, 5.41) is 1.03. The molecule has 3 aromatic rings. The van der Waals surface area contributed by atoms with Crippen LogP contribution in [0.15, 0.2) is 51.7 Å². The number of rotatable bonds is 5. The summed E-state index contributed by atoms with van der Waals surface area (Å²) in [7, 11) is 0. The number of hydrogen-bond donors (Lipinski definition) is 0. The van der Waals surface area contributed by atoms with E-state index < -0.39 is 5.97 Å². The van der Waals surface area contributed by atoms with Gasteiger partial charge < -0.3 is 13.9 Å². The third-order valence-electron chi connectivity index (χ3n) is 3.83. The summed E-state index contributed by atoms with van der Waals surface area (Å²) in [5.41, 5.74) is 1.49. The minimum atomic E-state index is -0.455. The maximum Gasteiger partial charge on any atom is 0.344 e. The van der Waals surface area contributed by atoms with Crippen molar-refractivity contribution >= 4 is 28.5 Å². The first kappa shape index (κ1) is 18.0. The molecule has 0 atom stereocenters. The van der Waals surface area contributed by atoms with Crippen LogP contribution in [0.5, 0.6) is 5.75 Å². The molecule has 0 saturated carbocycles. The molecule has 0 bridgehead atoms. The van der Waals surface area contributed by atoms with Crippen LogP contribution in [-0.2, 0) is 9.53 Å². The van der Waals surface area contributed by atoms with Gasteiger partial charge in [-0.25, -0.2) is 4.79 Å². The third kappa shape index (κ3) is 3.73. The summed E-state index contributed by atoms with van der Waals surface area (Å²) in [4.78, 5) is 24.3. The monoisotopic (exact) mass is 372 g/mol. The number of carbonyl (C=O) groups is 1. The highest BCUT2D eigenvalue weighted by atomic mass is 35.5. The second-order valence-corrected chi connectivity index (χ2v) is 6.06. The van der Waals surface area contributed by atoms with Gasteiger partial charge in [0.05, 0.1) is 17.6 Å². The Morgan fingerprint density at radius 3 is 2.58 bits per heavy atom. The lowest BCUT2D eigenvalue weighted by molar-refractivity contribution is -0.145. The molecular formula is C20H17ClO5. The van der Waals surface area contributed by atoms with Crippen LogP contribution in [0.1, 0.15) is 12.7 Å². The van der Waals surface area contributed by atoms with Gasteiger partial charge >= 0.3 is 5.97 Å². The van der Waals surface area contributed by atoms with Crippen LogP contribution in [-0.4, -0.2) is 19.2 Å². The number of fused-ring (bicyclic) bond motifs is 1. The number of carbonyl (C=O) groups excluding carboxylic acids is 1. The fourth-order valence-corrected chi connectivity index (χ4v) is 2.80. The molecule has 0 aliphatic carbocycles. The van der Waals surface area contributed by atoms with E-state index in [-0.39, 0.29) is 12.0 Å². The van der Waals surface area contributed by atoms with E-state index in [9.17, 15) is 9.59 Å². The standard InChI is InChI=1S/C20H17ClO5/c1-3-24-18(22)11-25-15-8-9-16-17(10-15)26-12(2)19(20(16)23)13-4-6-14(21)7-5-13/h4-10H,3,11H2,1-2H3. The maximum atomic E-state index is 12.9.